The lowest BCUT2D eigenvalue weighted by Crippen LogP contribution is -2.17. The topological polar surface area (TPSA) is 29.5 Å². The number of para-hydroxylation sites is 1. The number of benzene rings is 1. The van der Waals surface area contributed by atoms with Crippen LogP contribution in [0.1, 0.15) is 19.8 Å². The van der Waals surface area contributed by atoms with E-state index in [0.29, 0.717) is 6.42 Å². The third kappa shape index (κ3) is 3.47. The summed E-state index contributed by atoms with van der Waals surface area (Å²) in [5.41, 5.74) is 0. The second-order valence-corrected chi connectivity index (χ2v) is 3.30. The summed E-state index contributed by atoms with van der Waals surface area (Å²) in [4.78, 5) is 0. The van der Waals surface area contributed by atoms with Crippen molar-refractivity contribution in [3.05, 3.63) is 29.8 Å². The van der Waals surface area contributed by atoms with E-state index < -0.39 is 23.5 Å². The maximum Gasteiger partial charge on any atom is 0.190 e. The maximum atomic E-state index is 13.0. The van der Waals surface area contributed by atoms with E-state index in [-0.39, 0.29) is 6.61 Å². The normalized spacial score (nSPS) is 12.5. The van der Waals surface area contributed by atoms with E-state index in [2.05, 4.69) is 0 Å². The van der Waals surface area contributed by atoms with Crippen molar-refractivity contribution in [2.75, 3.05) is 6.61 Å². The first kappa shape index (κ1) is 11.9. The molecule has 0 saturated carbocycles. The van der Waals surface area contributed by atoms with Gasteiger partial charge in [0.2, 0.25) is 0 Å². The Morgan fingerprint density at radius 3 is 2.47 bits per heavy atom. The van der Waals surface area contributed by atoms with Crippen LogP contribution in [-0.4, -0.2) is 17.8 Å². The minimum atomic E-state index is -0.751. The Labute approximate surface area is 87.5 Å². The van der Waals surface area contributed by atoms with Gasteiger partial charge in [-0.2, -0.15) is 0 Å². The number of aliphatic hydroxyl groups excluding tert-OH is 1. The lowest BCUT2D eigenvalue weighted by molar-refractivity contribution is 0.0949. The van der Waals surface area contributed by atoms with Crippen LogP contribution >= 0.6 is 0 Å². The molecule has 1 unspecified atom stereocenters. The molecule has 0 spiro atoms. The summed E-state index contributed by atoms with van der Waals surface area (Å²) in [6.07, 6.45) is 0.661. The lowest BCUT2D eigenvalue weighted by atomic mass is 10.2. The van der Waals surface area contributed by atoms with Gasteiger partial charge in [-0.1, -0.05) is 19.4 Å². The third-order valence-electron chi connectivity index (χ3n) is 1.96. The molecular weight excluding hydrogens is 202 g/mol. The first-order valence-electron chi connectivity index (χ1n) is 4.90. The first-order chi connectivity index (χ1) is 7.15. The molecule has 0 fully saturated rings. The molecule has 15 heavy (non-hydrogen) atoms. The molecule has 0 aromatic heterocycles. The summed E-state index contributed by atoms with van der Waals surface area (Å²) in [5, 5.41) is 9.32. The molecular formula is C11H14F2O2. The number of hydrogen-bond donors (Lipinski definition) is 1. The van der Waals surface area contributed by atoms with Crippen LogP contribution in [0.3, 0.4) is 0 Å². The van der Waals surface area contributed by atoms with Gasteiger partial charge in [0.1, 0.15) is 6.61 Å². The second kappa shape index (κ2) is 5.66. The van der Waals surface area contributed by atoms with Crippen molar-refractivity contribution >= 4 is 0 Å². The Balaban J connectivity index is 2.57. The molecule has 1 rings (SSSR count). The van der Waals surface area contributed by atoms with Gasteiger partial charge in [0.25, 0.3) is 0 Å². The molecule has 0 radical (unpaired) electrons. The fourth-order valence-corrected chi connectivity index (χ4v) is 1.22. The molecule has 0 aliphatic heterocycles. The fourth-order valence-electron chi connectivity index (χ4n) is 1.22. The third-order valence-corrected chi connectivity index (χ3v) is 1.96. The predicted molar refractivity (Wildman–Crippen MR) is 52.8 cm³/mol. The van der Waals surface area contributed by atoms with E-state index in [1.165, 1.54) is 6.07 Å². The van der Waals surface area contributed by atoms with E-state index in [1.54, 1.807) is 0 Å². The van der Waals surface area contributed by atoms with Crippen molar-refractivity contribution in [2.24, 2.45) is 0 Å². The highest BCUT2D eigenvalue weighted by molar-refractivity contribution is 5.25. The summed E-state index contributed by atoms with van der Waals surface area (Å²) in [7, 11) is 0. The molecule has 1 aromatic carbocycles. The van der Waals surface area contributed by atoms with Crippen LogP contribution in [0.2, 0.25) is 0 Å². The second-order valence-electron chi connectivity index (χ2n) is 3.30. The van der Waals surface area contributed by atoms with Crippen LogP contribution in [0.4, 0.5) is 8.78 Å². The summed E-state index contributed by atoms with van der Waals surface area (Å²) in [5.74, 6) is -1.93. The zero-order chi connectivity index (χ0) is 11.3. The largest absolute Gasteiger partial charge is 0.485 e. The Morgan fingerprint density at radius 1 is 1.33 bits per heavy atom. The summed E-state index contributed by atoms with van der Waals surface area (Å²) in [6.45, 7) is 1.82. The SMILES string of the molecule is CCCC(O)COc1c(F)cccc1F. The van der Waals surface area contributed by atoms with Gasteiger partial charge >= 0.3 is 0 Å². The molecule has 4 heteroatoms. The van der Waals surface area contributed by atoms with Crippen molar-refractivity contribution in [1.82, 2.24) is 0 Å². The summed E-state index contributed by atoms with van der Waals surface area (Å²) in [6, 6.07) is 3.50. The number of ether oxygens (including phenoxy) is 1. The van der Waals surface area contributed by atoms with Crippen LogP contribution in [0.5, 0.6) is 5.75 Å². The molecule has 0 aliphatic rings. The van der Waals surface area contributed by atoms with Crippen LogP contribution < -0.4 is 4.74 Å². The molecule has 84 valence electrons. The van der Waals surface area contributed by atoms with E-state index >= 15 is 0 Å². The number of rotatable bonds is 5. The highest BCUT2D eigenvalue weighted by Crippen LogP contribution is 2.21. The molecule has 1 N–H and O–H groups in total. The minimum Gasteiger partial charge on any atom is -0.485 e. The quantitative estimate of drug-likeness (QED) is 0.819. The van der Waals surface area contributed by atoms with Crippen molar-refractivity contribution < 1.29 is 18.6 Å². The first-order valence-corrected chi connectivity index (χ1v) is 4.90. The standard InChI is InChI=1S/C11H14F2O2/c1-2-4-8(14)7-15-11-9(12)5-3-6-10(11)13/h3,5-6,8,14H,2,4,7H2,1H3. The van der Waals surface area contributed by atoms with Crippen LogP contribution in [0.25, 0.3) is 0 Å². The summed E-state index contributed by atoms with van der Waals surface area (Å²) >= 11 is 0. The predicted octanol–water partition coefficient (Wildman–Crippen LogP) is 2.50. The van der Waals surface area contributed by atoms with Crippen molar-refractivity contribution in [2.45, 2.75) is 25.9 Å². The number of hydrogen-bond acceptors (Lipinski definition) is 2. The molecule has 1 aromatic rings. The molecule has 0 saturated heterocycles. The monoisotopic (exact) mass is 216 g/mol. The zero-order valence-corrected chi connectivity index (χ0v) is 8.54. The van der Waals surface area contributed by atoms with E-state index in [9.17, 15) is 13.9 Å². The Kier molecular flexibility index (Phi) is 4.49. The van der Waals surface area contributed by atoms with E-state index in [0.717, 1.165) is 18.6 Å². The van der Waals surface area contributed by atoms with Crippen LogP contribution in [0.15, 0.2) is 18.2 Å². The highest BCUT2D eigenvalue weighted by atomic mass is 19.1. The van der Waals surface area contributed by atoms with E-state index in [1.807, 2.05) is 6.92 Å². The molecule has 2 nitrogen and oxygen atoms in total. The van der Waals surface area contributed by atoms with Gasteiger partial charge in [-0.15, -0.1) is 0 Å². The smallest absolute Gasteiger partial charge is 0.190 e. The van der Waals surface area contributed by atoms with Gasteiger partial charge in [0.05, 0.1) is 6.10 Å². The zero-order valence-electron chi connectivity index (χ0n) is 8.54. The van der Waals surface area contributed by atoms with Gasteiger partial charge in [-0.25, -0.2) is 8.78 Å². The molecule has 0 bridgehead atoms. The Morgan fingerprint density at radius 2 is 1.93 bits per heavy atom. The van der Waals surface area contributed by atoms with E-state index in [4.69, 9.17) is 4.74 Å². The Hall–Kier alpha value is -1.16. The molecule has 0 aliphatic carbocycles. The molecule has 0 amide bonds. The number of aliphatic hydroxyl groups is 1. The average molecular weight is 216 g/mol. The number of halogens is 2. The van der Waals surface area contributed by atoms with Crippen molar-refractivity contribution in [1.29, 1.82) is 0 Å². The molecule has 0 heterocycles. The average Bonchev–Trinajstić information content (AvgIpc) is 2.17. The van der Waals surface area contributed by atoms with Crippen molar-refractivity contribution in [3.8, 4) is 5.75 Å². The fraction of sp³-hybridized carbons (Fsp3) is 0.455. The van der Waals surface area contributed by atoms with Gasteiger partial charge in [-0.3, -0.25) is 0 Å². The highest BCUT2D eigenvalue weighted by Gasteiger charge is 2.11. The maximum absolute atomic E-state index is 13.0. The summed E-state index contributed by atoms with van der Waals surface area (Å²) < 4.78 is 31.0. The van der Waals surface area contributed by atoms with Crippen molar-refractivity contribution in [3.63, 3.8) is 0 Å². The molecule has 1 atom stereocenters. The lowest BCUT2D eigenvalue weighted by Gasteiger charge is -2.12. The van der Waals surface area contributed by atoms with Gasteiger partial charge in [0.15, 0.2) is 17.4 Å². The van der Waals surface area contributed by atoms with Gasteiger partial charge in [-0.05, 0) is 18.6 Å². The van der Waals surface area contributed by atoms with Crippen LogP contribution in [-0.2, 0) is 0 Å². The van der Waals surface area contributed by atoms with Crippen LogP contribution in [0, 0.1) is 11.6 Å². The minimum absolute atomic E-state index is 0.0916. The van der Waals surface area contributed by atoms with Gasteiger partial charge in [0, 0.05) is 0 Å². The van der Waals surface area contributed by atoms with Gasteiger partial charge < -0.3 is 9.84 Å². The Bertz CT molecular complexity index is 295.